The van der Waals surface area contributed by atoms with Crippen LogP contribution in [0, 0.1) is 0 Å². The van der Waals surface area contributed by atoms with Crippen molar-refractivity contribution in [3.8, 4) is 11.5 Å². The molecule has 172 valence electrons. The number of aliphatic imine (C=N–C) groups is 1. The molecule has 0 aliphatic carbocycles. The second kappa shape index (κ2) is 14.0. The fourth-order valence-electron chi connectivity index (χ4n) is 2.73. The number of alkyl halides is 2. The van der Waals surface area contributed by atoms with Gasteiger partial charge in [0.1, 0.15) is 11.5 Å². The van der Waals surface area contributed by atoms with Crippen LogP contribution in [-0.4, -0.2) is 36.9 Å². The zero-order chi connectivity index (χ0) is 21.9. The first-order chi connectivity index (χ1) is 14.4. The largest absolute Gasteiger partial charge is 0.491 e. The van der Waals surface area contributed by atoms with Crippen LogP contribution in [-0.2, 0) is 6.54 Å². The zero-order valence-corrected chi connectivity index (χ0v) is 20.2. The van der Waals surface area contributed by atoms with Crippen molar-refractivity contribution >= 4 is 29.9 Å². The van der Waals surface area contributed by atoms with Crippen molar-refractivity contribution in [3.63, 3.8) is 0 Å². The van der Waals surface area contributed by atoms with Crippen LogP contribution in [0.25, 0.3) is 0 Å². The van der Waals surface area contributed by atoms with E-state index in [1.165, 1.54) is 6.07 Å². The summed E-state index contributed by atoms with van der Waals surface area (Å²) < 4.78 is 35.3. The van der Waals surface area contributed by atoms with Gasteiger partial charge in [0.2, 0.25) is 0 Å². The minimum atomic E-state index is -2.90. The summed E-state index contributed by atoms with van der Waals surface area (Å²) in [7, 11) is 0. The Bertz CT molecular complexity index is 822. The topological polar surface area (TPSA) is 75.1 Å². The molecule has 0 fully saturated rings. The summed E-state index contributed by atoms with van der Waals surface area (Å²) in [6, 6.07) is 13.8. The van der Waals surface area contributed by atoms with Crippen molar-refractivity contribution in [3.05, 3.63) is 59.7 Å². The van der Waals surface area contributed by atoms with E-state index in [-0.39, 0.29) is 48.9 Å². The Balaban J connectivity index is 0.00000480. The molecule has 0 spiro atoms. The Kier molecular flexibility index (Phi) is 12.2. The number of aliphatic hydroxyl groups excluding tert-OH is 1. The van der Waals surface area contributed by atoms with Gasteiger partial charge in [-0.25, -0.2) is 4.99 Å². The van der Waals surface area contributed by atoms with Crippen molar-refractivity contribution in [1.29, 1.82) is 0 Å². The van der Waals surface area contributed by atoms with E-state index in [9.17, 15) is 13.9 Å². The summed E-state index contributed by atoms with van der Waals surface area (Å²) in [5.74, 6) is 1.24. The van der Waals surface area contributed by atoms with Gasteiger partial charge < -0.3 is 25.2 Å². The third-order valence-corrected chi connectivity index (χ3v) is 4.02. The number of hydrogen-bond acceptors (Lipinski definition) is 4. The maximum absolute atomic E-state index is 12.6. The number of nitrogens with one attached hydrogen (secondary N) is 2. The monoisotopic (exact) mass is 549 g/mol. The third-order valence-electron chi connectivity index (χ3n) is 4.02. The normalized spacial score (nSPS) is 12.3. The Morgan fingerprint density at radius 1 is 1.06 bits per heavy atom. The summed E-state index contributed by atoms with van der Waals surface area (Å²) in [6.45, 7) is 3.86. The highest BCUT2D eigenvalue weighted by molar-refractivity contribution is 14.0. The number of rotatable bonds is 10. The Morgan fingerprint density at radius 3 is 2.48 bits per heavy atom. The van der Waals surface area contributed by atoms with Gasteiger partial charge in [-0.15, -0.1) is 24.0 Å². The lowest BCUT2D eigenvalue weighted by atomic mass is 10.1. The first kappa shape index (κ1) is 26.9. The average molecular weight is 549 g/mol. The molecule has 0 aromatic heterocycles. The predicted octanol–water partition coefficient (Wildman–Crippen LogP) is 4.48. The molecular weight excluding hydrogens is 519 g/mol. The quantitative estimate of drug-likeness (QED) is 0.232. The molecule has 0 bridgehead atoms. The first-order valence-corrected chi connectivity index (χ1v) is 9.88. The second-order valence-corrected chi connectivity index (χ2v) is 6.82. The van der Waals surface area contributed by atoms with E-state index < -0.39 is 12.7 Å². The highest BCUT2D eigenvalue weighted by Crippen LogP contribution is 2.21. The number of hydrogen-bond donors (Lipinski definition) is 3. The molecule has 2 aromatic rings. The molecule has 1 atom stereocenters. The average Bonchev–Trinajstić information content (AvgIpc) is 2.70. The fraction of sp³-hybridized carbons (Fsp3) is 0.409. The minimum absolute atomic E-state index is 0. The van der Waals surface area contributed by atoms with Gasteiger partial charge >= 0.3 is 6.61 Å². The van der Waals surface area contributed by atoms with Crippen LogP contribution in [0.3, 0.4) is 0 Å². The molecular formula is C22H30F2IN3O3. The lowest BCUT2D eigenvalue weighted by molar-refractivity contribution is -0.0504. The van der Waals surface area contributed by atoms with E-state index >= 15 is 0 Å². The molecule has 31 heavy (non-hydrogen) atoms. The number of ether oxygens (including phenoxy) is 2. The van der Waals surface area contributed by atoms with Crippen LogP contribution < -0.4 is 20.1 Å². The van der Waals surface area contributed by atoms with E-state index in [1.807, 2.05) is 39.0 Å². The van der Waals surface area contributed by atoms with Crippen LogP contribution in [0.1, 0.15) is 38.0 Å². The molecule has 0 saturated carbocycles. The van der Waals surface area contributed by atoms with Gasteiger partial charge in [0.05, 0.1) is 18.8 Å². The lowest BCUT2D eigenvalue weighted by Gasteiger charge is -2.17. The SMILES string of the molecule is CCNC(=NCc1ccccc1OC(F)F)NCC(O)c1cccc(OC(C)C)c1.I. The van der Waals surface area contributed by atoms with E-state index in [1.54, 1.807) is 24.3 Å². The van der Waals surface area contributed by atoms with Crippen molar-refractivity contribution in [2.45, 2.75) is 46.1 Å². The standard InChI is InChI=1S/C22H29F2N3O3.HI/c1-4-25-22(26-13-17-8-5-6-11-20(17)30-21(23)24)27-14-19(28)16-9-7-10-18(12-16)29-15(2)3;/h5-12,15,19,21,28H,4,13-14H2,1-3H3,(H2,25,26,27);1H. The van der Waals surface area contributed by atoms with Crippen molar-refractivity contribution in [1.82, 2.24) is 10.6 Å². The zero-order valence-electron chi connectivity index (χ0n) is 17.8. The number of halogens is 3. The number of para-hydroxylation sites is 1. The van der Waals surface area contributed by atoms with E-state index in [4.69, 9.17) is 4.74 Å². The Hall–Kier alpha value is -2.14. The molecule has 0 aliphatic rings. The maximum atomic E-state index is 12.6. The molecule has 0 aliphatic heterocycles. The molecule has 2 aromatic carbocycles. The molecule has 0 amide bonds. The summed E-state index contributed by atoms with van der Waals surface area (Å²) >= 11 is 0. The second-order valence-electron chi connectivity index (χ2n) is 6.82. The van der Waals surface area contributed by atoms with Crippen LogP contribution in [0.15, 0.2) is 53.5 Å². The number of benzene rings is 2. The molecule has 0 heterocycles. The predicted molar refractivity (Wildman–Crippen MR) is 128 cm³/mol. The number of aliphatic hydroxyl groups is 1. The maximum Gasteiger partial charge on any atom is 0.387 e. The van der Waals surface area contributed by atoms with Gasteiger partial charge in [0.15, 0.2) is 5.96 Å². The van der Waals surface area contributed by atoms with E-state index in [0.717, 1.165) is 0 Å². The molecule has 3 N–H and O–H groups in total. The Labute approximate surface area is 199 Å². The molecule has 1 unspecified atom stereocenters. The fourth-order valence-corrected chi connectivity index (χ4v) is 2.73. The van der Waals surface area contributed by atoms with Crippen molar-refractivity contribution in [2.24, 2.45) is 4.99 Å². The third kappa shape index (κ3) is 9.69. The van der Waals surface area contributed by atoms with Gasteiger partial charge in [-0.3, -0.25) is 0 Å². The Morgan fingerprint density at radius 2 is 1.81 bits per heavy atom. The first-order valence-electron chi connectivity index (χ1n) is 9.88. The highest BCUT2D eigenvalue weighted by Gasteiger charge is 2.12. The number of guanidine groups is 1. The van der Waals surface area contributed by atoms with E-state index in [0.29, 0.717) is 29.4 Å². The molecule has 2 rings (SSSR count). The number of nitrogens with zero attached hydrogens (tertiary/aromatic N) is 1. The van der Waals surface area contributed by atoms with Gasteiger partial charge in [0.25, 0.3) is 0 Å². The lowest BCUT2D eigenvalue weighted by Crippen LogP contribution is -2.39. The van der Waals surface area contributed by atoms with Gasteiger partial charge in [0, 0.05) is 18.7 Å². The summed E-state index contributed by atoms with van der Waals surface area (Å²) in [6.07, 6.45) is -0.737. The van der Waals surface area contributed by atoms with Crippen LogP contribution in [0.4, 0.5) is 8.78 Å². The summed E-state index contributed by atoms with van der Waals surface area (Å²) in [5, 5.41) is 16.7. The van der Waals surface area contributed by atoms with Gasteiger partial charge in [-0.05, 0) is 44.5 Å². The molecule has 0 radical (unpaired) electrons. The highest BCUT2D eigenvalue weighted by atomic mass is 127. The summed E-state index contributed by atoms with van der Waals surface area (Å²) in [5.41, 5.74) is 1.25. The van der Waals surface area contributed by atoms with Crippen LogP contribution in [0.2, 0.25) is 0 Å². The molecule has 9 heteroatoms. The van der Waals surface area contributed by atoms with Crippen LogP contribution in [0.5, 0.6) is 11.5 Å². The van der Waals surface area contributed by atoms with Crippen LogP contribution >= 0.6 is 24.0 Å². The van der Waals surface area contributed by atoms with E-state index in [2.05, 4.69) is 20.4 Å². The summed E-state index contributed by atoms with van der Waals surface area (Å²) in [4.78, 5) is 4.41. The van der Waals surface area contributed by atoms with Crippen molar-refractivity contribution in [2.75, 3.05) is 13.1 Å². The minimum Gasteiger partial charge on any atom is -0.491 e. The van der Waals surface area contributed by atoms with Gasteiger partial charge in [-0.2, -0.15) is 8.78 Å². The van der Waals surface area contributed by atoms with Gasteiger partial charge in [-0.1, -0.05) is 30.3 Å². The molecule has 0 saturated heterocycles. The van der Waals surface area contributed by atoms with Crippen molar-refractivity contribution < 1.29 is 23.4 Å². The smallest absolute Gasteiger partial charge is 0.387 e. The molecule has 6 nitrogen and oxygen atoms in total.